The highest BCUT2D eigenvalue weighted by Gasteiger charge is 2.32. The van der Waals surface area contributed by atoms with Gasteiger partial charge in [-0.25, -0.2) is 8.42 Å². The molecule has 1 atom stereocenters. The normalized spacial score (nSPS) is 26.0. The van der Waals surface area contributed by atoms with E-state index in [2.05, 4.69) is 0 Å². The zero-order valence-corrected chi connectivity index (χ0v) is 8.13. The summed E-state index contributed by atoms with van der Waals surface area (Å²) in [7, 11) is -2.84. The Balaban J connectivity index is 2.38. The lowest BCUT2D eigenvalue weighted by atomic mass is 10.1. The Morgan fingerprint density at radius 2 is 1.85 bits per heavy atom. The van der Waals surface area contributed by atoms with Crippen LogP contribution in [0, 0.1) is 0 Å². The van der Waals surface area contributed by atoms with Crippen LogP contribution in [0.1, 0.15) is 23.7 Å². The first kappa shape index (κ1) is 8.75. The van der Waals surface area contributed by atoms with E-state index >= 15 is 0 Å². The summed E-state index contributed by atoms with van der Waals surface area (Å²) in [5, 5.41) is -0.242. The summed E-state index contributed by atoms with van der Waals surface area (Å²) in [4.78, 5) is 0. The van der Waals surface area contributed by atoms with E-state index in [1.165, 1.54) is 0 Å². The van der Waals surface area contributed by atoms with Gasteiger partial charge in [0.05, 0.1) is 11.0 Å². The van der Waals surface area contributed by atoms with Crippen LogP contribution >= 0.6 is 0 Å². The number of hydrogen-bond donors (Lipinski definition) is 0. The summed E-state index contributed by atoms with van der Waals surface area (Å²) in [5.41, 5.74) is 0.944. The van der Waals surface area contributed by atoms with Crippen molar-refractivity contribution in [1.29, 1.82) is 0 Å². The molecule has 1 aromatic rings. The van der Waals surface area contributed by atoms with Gasteiger partial charge >= 0.3 is 0 Å². The van der Waals surface area contributed by atoms with Crippen molar-refractivity contribution in [3.8, 4) is 0 Å². The van der Waals surface area contributed by atoms with Gasteiger partial charge in [0.15, 0.2) is 9.84 Å². The van der Waals surface area contributed by atoms with Crippen LogP contribution in [0.2, 0.25) is 0 Å². The number of rotatable bonds is 1. The third-order valence-electron chi connectivity index (χ3n) is 2.50. The average molecular weight is 196 g/mol. The molecule has 0 aliphatic carbocycles. The van der Waals surface area contributed by atoms with Gasteiger partial charge < -0.3 is 0 Å². The van der Waals surface area contributed by atoms with Crippen molar-refractivity contribution in [2.75, 3.05) is 5.75 Å². The Labute approximate surface area is 78.5 Å². The van der Waals surface area contributed by atoms with Crippen molar-refractivity contribution in [3.63, 3.8) is 0 Å². The van der Waals surface area contributed by atoms with Crippen LogP contribution in [0.3, 0.4) is 0 Å². The van der Waals surface area contributed by atoms with Crippen LogP contribution in [0.25, 0.3) is 0 Å². The molecular weight excluding hydrogens is 184 g/mol. The topological polar surface area (TPSA) is 34.1 Å². The van der Waals surface area contributed by atoms with Gasteiger partial charge in [0.2, 0.25) is 0 Å². The summed E-state index contributed by atoms with van der Waals surface area (Å²) < 4.78 is 23.1. The summed E-state index contributed by atoms with van der Waals surface area (Å²) in [6.45, 7) is 0. The van der Waals surface area contributed by atoms with Crippen LogP contribution in [0.4, 0.5) is 0 Å². The lowest BCUT2D eigenvalue weighted by Gasteiger charge is -2.08. The van der Waals surface area contributed by atoms with Crippen molar-refractivity contribution in [2.24, 2.45) is 0 Å². The first-order valence-electron chi connectivity index (χ1n) is 4.47. The van der Waals surface area contributed by atoms with Gasteiger partial charge in [-0.2, -0.15) is 0 Å². The predicted molar refractivity (Wildman–Crippen MR) is 52.2 cm³/mol. The molecule has 0 N–H and O–H groups in total. The molecule has 1 aliphatic rings. The van der Waals surface area contributed by atoms with Crippen molar-refractivity contribution >= 4 is 9.84 Å². The molecule has 2 rings (SSSR count). The van der Waals surface area contributed by atoms with Crippen molar-refractivity contribution in [1.82, 2.24) is 0 Å². The molecule has 1 aliphatic heterocycles. The second-order valence-corrected chi connectivity index (χ2v) is 5.71. The van der Waals surface area contributed by atoms with Gasteiger partial charge in [-0.15, -0.1) is 0 Å². The lowest BCUT2D eigenvalue weighted by Crippen LogP contribution is -2.07. The van der Waals surface area contributed by atoms with Gasteiger partial charge in [-0.3, -0.25) is 0 Å². The second-order valence-electron chi connectivity index (χ2n) is 3.41. The Kier molecular flexibility index (Phi) is 2.12. The van der Waals surface area contributed by atoms with E-state index in [9.17, 15) is 8.42 Å². The quantitative estimate of drug-likeness (QED) is 0.688. The number of hydrogen-bond acceptors (Lipinski definition) is 2. The van der Waals surface area contributed by atoms with Crippen molar-refractivity contribution in [2.45, 2.75) is 18.1 Å². The molecule has 0 amide bonds. The van der Waals surface area contributed by atoms with E-state index in [-0.39, 0.29) is 5.25 Å². The lowest BCUT2D eigenvalue weighted by molar-refractivity contribution is 0.592. The summed E-state index contributed by atoms with van der Waals surface area (Å²) in [5.74, 6) is 0.354. The molecule has 1 heterocycles. The fourth-order valence-electron chi connectivity index (χ4n) is 1.83. The molecule has 0 bridgehead atoms. The fraction of sp³-hybridized carbons (Fsp3) is 0.400. The van der Waals surface area contributed by atoms with E-state index in [1.807, 2.05) is 30.3 Å². The third-order valence-corrected chi connectivity index (χ3v) is 4.73. The molecule has 0 saturated carbocycles. The molecule has 0 aromatic heterocycles. The highest BCUT2D eigenvalue weighted by atomic mass is 32.2. The summed E-state index contributed by atoms with van der Waals surface area (Å²) >= 11 is 0. The first-order chi connectivity index (χ1) is 6.20. The van der Waals surface area contributed by atoms with E-state index in [4.69, 9.17) is 0 Å². The molecule has 3 heteroatoms. The monoisotopic (exact) mass is 196 g/mol. The summed E-state index contributed by atoms with van der Waals surface area (Å²) in [6.07, 6.45) is 1.59. The minimum absolute atomic E-state index is 0.242. The second kappa shape index (κ2) is 3.14. The zero-order chi connectivity index (χ0) is 9.31. The highest BCUT2D eigenvalue weighted by molar-refractivity contribution is 7.91. The van der Waals surface area contributed by atoms with Crippen molar-refractivity contribution in [3.05, 3.63) is 35.9 Å². The zero-order valence-electron chi connectivity index (χ0n) is 7.31. The van der Waals surface area contributed by atoms with Crippen LogP contribution in [0.15, 0.2) is 30.3 Å². The molecule has 13 heavy (non-hydrogen) atoms. The molecule has 1 fully saturated rings. The molecular formula is C10H12O2S. The van der Waals surface area contributed by atoms with E-state index < -0.39 is 9.84 Å². The number of sulfone groups is 1. The molecule has 1 saturated heterocycles. The van der Waals surface area contributed by atoms with E-state index in [0.29, 0.717) is 5.75 Å². The highest BCUT2D eigenvalue weighted by Crippen LogP contribution is 2.33. The van der Waals surface area contributed by atoms with Crippen LogP contribution < -0.4 is 0 Å². The smallest absolute Gasteiger partial charge is 0.157 e. The largest absolute Gasteiger partial charge is 0.228 e. The van der Waals surface area contributed by atoms with Crippen LogP contribution in [-0.2, 0) is 9.84 Å². The number of benzene rings is 1. The third kappa shape index (κ3) is 1.61. The van der Waals surface area contributed by atoms with E-state index in [1.54, 1.807) is 0 Å². The molecule has 0 spiro atoms. The minimum Gasteiger partial charge on any atom is -0.228 e. The molecule has 0 unspecified atom stereocenters. The van der Waals surface area contributed by atoms with Gasteiger partial charge in [0, 0.05) is 0 Å². The van der Waals surface area contributed by atoms with Crippen LogP contribution in [-0.4, -0.2) is 14.2 Å². The maximum absolute atomic E-state index is 11.6. The minimum atomic E-state index is -2.84. The Bertz CT molecular complexity index is 381. The maximum Gasteiger partial charge on any atom is 0.157 e. The Hall–Kier alpha value is -0.830. The standard InChI is InChI=1S/C10H12O2S/c11-13(12)8-4-7-10(13)9-5-2-1-3-6-9/h1-3,5-6,10H,4,7-8H2/t10-/m0/s1. The fourth-order valence-corrected chi connectivity index (χ4v) is 3.78. The van der Waals surface area contributed by atoms with Crippen molar-refractivity contribution < 1.29 is 8.42 Å². The van der Waals surface area contributed by atoms with Gasteiger partial charge in [-0.1, -0.05) is 30.3 Å². The maximum atomic E-state index is 11.6. The van der Waals surface area contributed by atoms with Crippen LogP contribution in [0.5, 0.6) is 0 Å². The van der Waals surface area contributed by atoms with Gasteiger partial charge in [-0.05, 0) is 18.4 Å². The Morgan fingerprint density at radius 1 is 1.15 bits per heavy atom. The molecule has 2 nitrogen and oxygen atoms in total. The average Bonchev–Trinajstić information content (AvgIpc) is 2.47. The SMILES string of the molecule is O=S1(=O)CCC[C@H]1c1ccccc1. The molecule has 70 valence electrons. The van der Waals surface area contributed by atoms with Gasteiger partial charge in [0.25, 0.3) is 0 Å². The van der Waals surface area contributed by atoms with E-state index in [0.717, 1.165) is 18.4 Å². The molecule has 1 aromatic carbocycles. The van der Waals surface area contributed by atoms with Gasteiger partial charge in [0.1, 0.15) is 0 Å². The Morgan fingerprint density at radius 3 is 2.38 bits per heavy atom. The predicted octanol–water partition coefficient (Wildman–Crippen LogP) is 1.94. The summed E-state index contributed by atoms with van der Waals surface area (Å²) in [6, 6.07) is 9.48. The molecule has 0 radical (unpaired) electrons. The first-order valence-corrected chi connectivity index (χ1v) is 6.18.